The second kappa shape index (κ2) is 9.82. The van der Waals surface area contributed by atoms with Crippen LogP contribution in [-0.4, -0.2) is 33.8 Å². The van der Waals surface area contributed by atoms with Crippen LogP contribution in [0, 0.1) is 11.7 Å². The second-order valence-corrected chi connectivity index (χ2v) is 8.06. The number of methoxy groups -OCH3 is 1. The Kier molecular flexibility index (Phi) is 7.17. The number of hydrogen-bond donors (Lipinski definition) is 2. The summed E-state index contributed by atoms with van der Waals surface area (Å²) in [6, 6.07) is 14.7. The number of nitrogens with one attached hydrogen (secondary N) is 2. The Morgan fingerprint density at radius 1 is 1.27 bits per heavy atom. The molecule has 1 aromatic heterocycles. The molecule has 2 aromatic carbocycles. The lowest BCUT2D eigenvalue weighted by Crippen LogP contribution is -2.33. The monoisotopic (exact) mass is 488 g/mol. The van der Waals surface area contributed by atoms with Gasteiger partial charge < -0.3 is 10.1 Å². The number of carbonyl (C=O) groups excluding carboxylic acids is 2. The molecule has 0 aliphatic heterocycles. The first-order chi connectivity index (χ1) is 14.4. The van der Waals surface area contributed by atoms with Crippen LogP contribution in [0.1, 0.15) is 23.6 Å². The van der Waals surface area contributed by atoms with Gasteiger partial charge in [-0.2, -0.15) is 5.10 Å². The number of benzene rings is 2. The summed E-state index contributed by atoms with van der Waals surface area (Å²) in [5.74, 6) is -0.131. The van der Waals surface area contributed by atoms with Gasteiger partial charge in [0, 0.05) is 10.0 Å². The largest absolute Gasteiger partial charge is 0.469 e. The summed E-state index contributed by atoms with van der Waals surface area (Å²) in [7, 11) is 1.32. The van der Waals surface area contributed by atoms with E-state index in [0.717, 1.165) is 21.2 Å². The van der Waals surface area contributed by atoms with Crippen molar-refractivity contribution in [3.8, 4) is 11.4 Å². The Balaban J connectivity index is 1.82. The van der Waals surface area contributed by atoms with Gasteiger partial charge in [-0.3, -0.25) is 19.3 Å². The molecule has 0 saturated heterocycles. The fourth-order valence-electron chi connectivity index (χ4n) is 3.05. The van der Waals surface area contributed by atoms with Crippen LogP contribution in [0.25, 0.3) is 11.4 Å². The van der Waals surface area contributed by atoms with E-state index >= 15 is 0 Å². The minimum absolute atomic E-state index is 0.0192. The predicted molar refractivity (Wildman–Crippen MR) is 119 cm³/mol. The van der Waals surface area contributed by atoms with Gasteiger partial charge in [-0.05, 0) is 42.9 Å². The quantitative estimate of drug-likeness (QED) is 0.386. The molecule has 0 radical (unpaired) electrons. The summed E-state index contributed by atoms with van der Waals surface area (Å²) in [6.45, 7) is 1.95. The van der Waals surface area contributed by atoms with Crippen LogP contribution in [0.15, 0.2) is 53.0 Å². The maximum absolute atomic E-state index is 12.9. The first-order valence-corrected chi connectivity index (χ1v) is 10.4. The predicted octanol–water partition coefficient (Wildman–Crippen LogP) is 4.10. The summed E-state index contributed by atoms with van der Waals surface area (Å²) < 4.78 is 7.67. The first-order valence-electron chi connectivity index (χ1n) is 9.21. The van der Waals surface area contributed by atoms with Crippen LogP contribution in [0.3, 0.4) is 0 Å². The molecular weight excluding hydrogens is 468 g/mol. The summed E-state index contributed by atoms with van der Waals surface area (Å²) in [4.78, 5) is 24.7. The van der Waals surface area contributed by atoms with Gasteiger partial charge in [-0.1, -0.05) is 51.8 Å². The highest BCUT2D eigenvalue weighted by molar-refractivity contribution is 9.10. The smallest absolute Gasteiger partial charge is 0.307 e. The van der Waals surface area contributed by atoms with Gasteiger partial charge in [0.25, 0.3) is 0 Å². The van der Waals surface area contributed by atoms with Crippen LogP contribution < -0.4 is 5.32 Å². The normalized spacial score (nSPS) is 11.7. The van der Waals surface area contributed by atoms with Crippen molar-refractivity contribution in [2.75, 3.05) is 7.11 Å². The zero-order valence-electron chi connectivity index (χ0n) is 16.5. The Bertz CT molecular complexity index is 1110. The highest BCUT2D eigenvalue weighted by Crippen LogP contribution is 2.21. The number of esters is 1. The molecule has 0 saturated carbocycles. The number of ether oxygens (including phenoxy) is 1. The van der Waals surface area contributed by atoms with Crippen molar-refractivity contribution in [1.82, 2.24) is 20.1 Å². The van der Waals surface area contributed by atoms with Crippen LogP contribution in [0.2, 0.25) is 0 Å². The average Bonchev–Trinajstić information content (AvgIpc) is 3.08. The number of amides is 1. The molecule has 0 fully saturated rings. The molecule has 0 bridgehead atoms. The van der Waals surface area contributed by atoms with Crippen LogP contribution in [0.4, 0.5) is 0 Å². The number of aryl methyl sites for hydroxylation is 1. The Morgan fingerprint density at radius 3 is 2.67 bits per heavy atom. The second-order valence-electron chi connectivity index (χ2n) is 6.76. The van der Waals surface area contributed by atoms with Gasteiger partial charge in [-0.25, -0.2) is 0 Å². The van der Waals surface area contributed by atoms with E-state index in [9.17, 15) is 9.59 Å². The van der Waals surface area contributed by atoms with Crippen molar-refractivity contribution >= 4 is 40.0 Å². The average molecular weight is 489 g/mol. The number of rotatable bonds is 7. The van der Waals surface area contributed by atoms with Crippen molar-refractivity contribution in [2.24, 2.45) is 0 Å². The van der Waals surface area contributed by atoms with Gasteiger partial charge in [0.2, 0.25) is 5.91 Å². The number of nitrogens with zero attached hydrogens (tertiary/aromatic N) is 2. The van der Waals surface area contributed by atoms with E-state index in [0.29, 0.717) is 10.6 Å². The van der Waals surface area contributed by atoms with E-state index in [1.165, 1.54) is 7.11 Å². The summed E-state index contributed by atoms with van der Waals surface area (Å²) in [6.07, 6.45) is 0.0192. The fraction of sp³-hybridized carbons (Fsp3) is 0.238. The van der Waals surface area contributed by atoms with Gasteiger partial charge in [0.15, 0.2) is 10.6 Å². The third kappa shape index (κ3) is 5.43. The van der Waals surface area contributed by atoms with Crippen molar-refractivity contribution in [3.63, 3.8) is 0 Å². The standard InChI is InChI=1S/C21H21BrN4O3S/c1-13-4-3-5-15(10-13)20-24-25-21(30)26(20)12-18(27)23-17(11-19(28)29-2)14-6-8-16(22)9-7-14/h3-10,17H,11-12H2,1-2H3,(H,23,27)(H,25,30). The molecule has 1 heterocycles. The minimum Gasteiger partial charge on any atom is -0.469 e. The van der Waals surface area contributed by atoms with E-state index in [1.807, 2.05) is 55.5 Å². The lowest BCUT2D eigenvalue weighted by atomic mass is 10.0. The van der Waals surface area contributed by atoms with Crippen LogP contribution in [-0.2, 0) is 20.9 Å². The molecule has 1 amide bonds. The van der Waals surface area contributed by atoms with E-state index in [2.05, 4.69) is 31.4 Å². The topological polar surface area (TPSA) is 89.0 Å². The molecule has 7 nitrogen and oxygen atoms in total. The maximum atomic E-state index is 12.9. The van der Waals surface area contributed by atoms with Gasteiger partial charge in [-0.15, -0.1) is 0 Å². The molecule has 1 atom stereocenters. The molecule has 0 aliphatic rings. The van der Waals surface area contributed by atoms with Crippen molar-refractivity contribution in [3.05, 3.63) is 68.9 Å². The van der Waals surface area contributed by atoms with E-state index in [4.69, 9.17) is 17.0 Å². The van der Waals surface area contributed by atoms with Crippen molar-refractivity contribution in [1.29, 1.82) is 0 Å². The molecule has 3 rings (SSSR count). The van der Waals surface area contributed by atoms with Crippen LogP contribution in [0.5, 0.6) is 0 Å². The summed E-state index contributed by atoms with van der Waals surface area (Å²) >= 11 is 8.71. The molecule has 3 aromatic rings. The minimum atomic E-state index is -0.526. The number of carbonyl (C=O) groups is 2. The van der Waals surface area contributed by atoms with E-state index < -0.39 is 12.0 Å². The number of H-pyrrole nitrogens is 1. The molecule has 0 spiro atoms. The van der Waals surface area contributed by atoms with E-state index in [1.54, 1.807) is 4.57 Å². The summed E-state index contributed by atoms with van der Waals surface area (Å²) in [5.41, 5.74) is 2.73. The van der Waals surface area contributed by atoms with Gasteiger partial charge in [0.1, 0.15) is 6.54 Å². The zero-order valence-corrected chi connectivity index (χ0v) is 18.9. The highest BCUT2D eigenvalue weighted by atomic mass is 79.9. The molecule has 0 aliphatic carbocycles. The molecule has 30 heavy (non-hydrogen) atoms. The zero-order chi connectivity index (χ0) is 21.7. The van der Waals surface area contributed by atoms with Crippen molar-refractivity contribution < 1.29 is 14.3 Å². The fourth-order valence-corrected chi connectivity index (χ4v) is 3.51. The lowest BCUT2D eigenvalue weighted by molar-refractivity contribution is -0.141. The van der Waals surface area contributed by atoms with E-state index in [-0.39, 0.29) is 18.9 Å². The third-order valence-corrected chi connectivity index (χ3v) is 5.38. The van der Waals surface area contributed by atoms with Gasteiger partial charge in [0.05, 0.1) is 19.6 Å². The first kappa shape index (κ1) is 21.9. The number of aromatic nitrogens is 3. The number of aromatic amines is 1. The Morgan fingerprint density at radius 2 is 2.00 bits per heavy atom. The number of halogens is 1. The number of hydrogen-bond acceptors (Lipinski definition) is 5. The summed E-state index contributed by atoms with van der Waals surface area (Å²) in [5, 5.41) is 9.93. The molecular formula is C21H21BrN4O3S. The maximum Gasteiger partial charge on any atom is 0.307 e. The van der Waals surface area contributed by atoms with Crippen molar-refractivity contribution in [2.45, 2.75) is 25.9 Å². The molecule has 2 N–H and O–H groups in total. The third-order valence-electron chi connectivity index (χ3n) is 4.54. The van der Waals surface area contributed by atoms with Gasteiger partial charge >= 0.3 is 5.97 Å². The molecule has 9 heteroatoms. The van der Waals surface area contributed by atoms with Crippen LogP contribution >= 0.6 is 28.1 Å². The SMILES string of the molecule is COC(=O)CC(NC(=O)Cn1c(-c2cccc(C)c2)n[nH]c1=S)c1ccc(Br)cc1. The highest BCUT2D eigenvalue weighted by Gasteiger charge is 2.20. The Hall–Kier alpha value is -2.78. The Labute approximate surface area is 187 Å². The molecule has 156 valence electrons. The lowest BCUT2D eigenvalue weighted by Gasteiger charge is -2.19. The molecule has 1 unspecified atom stereocenters.